The van der Waals surface area contributed by atoms with Crippen LogP contribution in [0.25, 0.3) is 33.7 Å². The molecule has 7 heteroatoms. The highest BCUT2D eigenvalue weighted by molar-refractivity contribution is 5.96. The van der Waals surface area contributed by atoms with Gasteiger partial charge in [-0.2, -0.15) is 0 Å². The summed E-state index contributed by atoms with van der Waals surface area (Å²) in [6.07, 6.45) is 1.84. The van der Waals surface area contributed by atoms with Gasteiger partial charge in [0.15, 0.2) is 11.5 Å². The zero-order valence-corrected chi connectivity index (χ0v) is 17.5. The predicted octanol–water partition coefficient (Wildman–Crippen LogP) is 4.38. The van der Waals surface area contributed by atoms with E-state index in [2.05, 4.69) is 34.0 Å². The molecule has 1 aliphatic rings. The minimum Gasteiger partial charge on any atom is -0.476 e. The average molecular weight is 416 g/mol. The molecule has 3 N–H and O–H groups in total. The largest absolute Gasteiger partial charge is 0.476 e. The summed E-state index contributed by atoms with van der Waals surface area (Å²) in [5.74, 6) is -0.549. The first-order valence-electron chi connectivity index (χ1n) is 10.3. The molecule has 0 amide bonds. The molecule has 0 spiro atoms. The molecule has 0 radical (unpaired) electrons. The number of aromatic nitrogens is 2. The summed E-state index contributed by atoms with van der Waals surface area (Å²) in [6.45, 7) is 7.13. The van der Waals surface area contributed by atoms with E-state index in [0.29, 0.717) is 11.5 Å². The number of aromatic carboxylic acids is 1. The number of nitrogens with one attached hydrogen (secondary N) is 2. The van der Waals surface area contributed by atoms with E-state index in [1.807, 2.05) is 54.7 Å². The minimum absolute atomic E-state index is 0.0481. The highest BCUT2D eigenvalue weighted by atomic mass is 16.4. The van der Waals surface area contributed by atoms with Crippen LogP contribution in [0.5, 0.6) is 0 Å². The first-order valence-corrected chi connectivity index (χ1v) is 10.3. The van der Waals surface area contributed by atoms with Gasteiger partial charge in [-0.25, -0.2) is 9.78 Å². The van der Waals surface area contributed by atoms with Crippen molar-refractivity contribution in [1.82, 2.24) is 15.3 Å². The standard InChI is InChI=1S/C24H24N4O3/c1-24(2)14-28(13-12-26-24)16-8-6-15(7-9-16)21-20(23(29)30)27-22(31-21)18-4-3-5-19-17(18)10-11-25-19/h3-11,25-26H,12-14H2,1-2H3,(H,29,30). The lowest BCUT2D eigenvalue weighted by Gasteiger charge is -2.40. The number of aromatic amines is 1. The summed E-state index contributed by atoms with van der Waals surface area (Å²) in [5.41, 5.74) is 3.46. The molecule has 158 valence electrons. The number of carbonyl (C=O) groups is 1. The molecule has 2 aromatic heterocycles. The van der Waals surface area contributed by atoms with Crippen molar-refractivity contribution >= 4 is 22.6 Å². The SMILES string of the molecule is CC1(C)CN(c2ccc(-c3oc(-c4cccc5[nH]ccc45)nc3C(=O)O)cc2)CCN1. The highest BCUT2D eigenvalue weighted by Gasteiger charge is 2.26. The third kappa shape index (κ3) is 3.57. The molecule has 1 fully saturated rings. The number of H-pyrrole nitrogens is 1. The number of piperazine rings is 1. The first kappa shape index (κ1) is 19.4. The predicted molar refractivity (Wildman–Crippen MR) is 120 cm³/mol. The number of nitrogens with zero attached hydrogens (tertiary/aromatic N) is 2. The van der Waals surface area contributed by atoms with Gasteiger partial charge in [0.1, 0.15) is 0 Å². The fraction of sp³-hybridized carbons (Fsp3) is 0.250. The molecule has 3 heterocycles. The fourth-order valence-electron chi connectivity index (χ4n) is 4.23. The fourth-order valence-corrected chi connectivity index (χ4v) is 4.23. The quantitative estimate of drug-likeness (QED) is 0.457. The van der Waals surface area contributed by atoms with Crippen molar-refractivity contribution in [2.45, 2.75) is 19.4 Å². The van der Waals surface area contributed by atoms with Crippen molar-refractivity contribution < 1.29 is 14.3 Å². The van der Waals surface area contributed by atoms with Crippen LogP contribution in [-0.2, 0) is 0 Å². The number of benzene rings is 2. The Hall–Kier alpha value is -3.58. The second-order valence-corrected chi connectivity index (χ2v) is 8.53. The lowest BCUT2D eigenvalue weighted by molar-refractivity contribution is 0.0691. The molecule has 0 atom stereocenters. The summed E-state index contributed by atoms with van der Waals surface area (Å²) in [4.78, 5) is 21.7. The smallest absolute Gasteiger partial charge is 0.358 e. The van der Waals surface area contributed by atoms with Crippen LogP contribution < -0.4 is 10.2 Å². The normalized spacial score (nSPS) is 16.0. The van der Waals surface area contributed by atoms with E-state index in [4.69, 9.17) is 4.42 Å². The van der Waals surface area contributed by atoms with Crippen LogP contribution in [0, 0.1) is 0 Å². The Balaban J connectivity index is 1.51. The number of carboxylic acid groups (broad SMARTS) is 1. The molecule has 1 saturated heterocycles. The van der Waals surface area contributed by atoms with E-state index in [-0.39, 0.29) is 17.0 Å². The van der Waals surface area contributed by atoms with Crippen molar-refractivity contribution in [1.29, 1.82) is 0 Å². The van der Waals surface area contributed by atoms with E-state index < -0.39 is 5.97 Å². The molecule has 2 aromatic carbocycles. The van der Waals surface area contributed by atoms with Crippen LogP contribution in [0.2, 0.25) is 0 Å². The molecule has 31 heavy (non-hydrogen) atoms. The zero-order chi connectivity index (χ0) is 21.6. The Morgan fingerprint density at radius 3 is 2.71 bits per heavy atom. The molecular weight excluding hydrogens is 392 g/mol. The molecule has 4 aromatic rings. The summed E-state index contributed by atoms with van der Waals surface area (Å²) >= 11 is 0. The van der Waals surface area contributed by atoms with Crippen molar-refractivity contribution in [3.63, 3.8) is 0 Å². The Morgan fingerprint density at radius 1 is 1.16 bits per heavy atom. The van der Waals surface area contributed by atoms with Crippen LogP contribution in [0.4, 0.5) is 5.69 Å². The lowest BCUT2D eigenvalue weighted by Crippen LogP contribution is -2.57. The number of rotatable bonds is 4. The maximum atomic E-state index is 11.9. The van der Waals surface area contributed by atoms with E-state index in [0.717, 1.165) is 41.8 Å². The van der Waals surface area contributed by atoms with E-state index >= 15 is 0 Å². The molecule has 0 saturated carbocycles. The van der Waals surface area contributed by atoms with Gasteiger partial charge in [0.2, 0.25) is 5.89 Å². The average Bonchev–Trinajstić information content (AvgIpc) is 3.40. The molecule has 5 rings (SSSR count). The summed E-state index contributed by atoms with van der Waals surface area (Å²) in [5, 5.41) is 14.2. The van der Waals surface area contributed by atoms with E-state index in [1.54, 1.807) is 0 Å². The maximum Gasteiger partial charge on any atom is 0.358 e. The van der Waals surface area contributed by atoms with Gasteiger partial charge in [-0.3, -0.25) is 0 Å². The van der Waals surface area contributed by atoms with Crippen molar-refractivity contribution in [3.8, 4) is 22.8 Å². The van der Waals surface area contributed by atoms with Crippen LogP contribution in [0.15, 0.2) is 59.1 Å². The maximum absolute atomic E-state index is 11.9. The van der Waals surface area contributed by atoms with Crippen molar-refractivity contribution in [3.05, 3.63) is 60.4 Å². The van der Waals surface area contributed by atoms with Crippen LogP contribution in [0.3, 0.4) is 0 Å². The van der Waals surface area contributed by atoms with Gasteiger partial charge in [-0.15, -0.1) is 0 Å². The van der Waals surface area contributed by atoms with E-state index in [1.165, 1.54) is 0 Å². The van der Waals surface area contributed by atoms with Gasteiger partial charge in [0.05, 0.1) is 0 Å². The number of anilines is 1. The first-order chi connectivity index (χ1) is 14.9. The van der Waals surface area contributed by atoms with E-state index in [9.17, 15) is 9.90 Å². The molecule has 0 aliphatic carbocycles. The van der Waals surface area contributed by atoms with Gasteiger partial charge < -0.3 is 24.7 Å². The van der Waals surface area contributed by atoms with Gasteiger partial charge in [0, 0.05) is 59.1 Å². The summed E-state index contributed by atoms with van der Waals surface area (Å²) in [7, 11) is 0. The number of hydrogen-bond donors (Lipinski definition) is 3. The number of carboxylic acids is 1. The Bertz CT molecular complexity index is 1250. The van der Waals surface area contributed by atoms with Crippen LogP contribution >= 0.6 is 0 Å². The second-order valence-electron chi connectivity index (χ2n) is 8.53. The van der Waals surface area contributed by atoms with Gasteiger partial charge >= 0.3 is 5.97 Å². The number of hydrogen-bond acceptors (Lipinski definition) is 5. The monoisotopic (exact) mass is 416 g/mol. The molecular formula is C24H24N4O3. The lowest BCUT2D eigenvalue weighted by atomic mass is 10.0. The second kappa shape index (κ2) is 7.28. The van der Waals surface area contributed by atoms with Crippen molar-refractivity contribution in [2.75, 3.05) is 24.5 Å². The Kier molecular flexibility index (Phi) is 4.55. The molecule has 7 nitrogen and oxygen atoms in total. The number of oxazole rings is 1. The van der Waals surface area contributed by atoms with Crippen LogP contribution in [0.1, 0.15) is 24.3 Å². The molecule has 1 aliphatic heterocycles. The minimum atomic E-state index is -1.11. The van der Waals surface area contributed by atoms with Gasteiger partial charge in [0.25, 0.3) is 0 Å². The van der Waals surface area contributed by atoms with Gasteiger partial charge in [-0.1, -0.05) is 6.07 Å². The zero-order valence-electron chi connectivity index (χ0n) is 17.5. The van der Waals surface area contributed by atoms with Gasteiger partial charge in [-0.05, 0) is 56.3 Å². The topological polar surface area (TPSA) is 94.4 Å². The third-order valence-corrected chi connectivity index (χ3v) is 5.72. The third-order valence-electron chi connectivity index (χ3n) is 5.72. The summed E-state index contributed by atoms with van der Waals surface area (Å²) < 4.78 is 6.01. The Labute approximate surface area is 179 Å². The number of fused-ring (bicyclic) bond motifs is 1. The van der Waals surface area contributed by atoms with Crippen LogP contribution in [-0.4, -0.2) is 46.2 Å². The van der Waals surface area contributed by atoms with Crippen molar-refractivity contribution in [2.24, 2.45) is 0 Å². The Morgan fingerprint density at radius 2 is 1.97 bits per heavy atom. The molecule has 0 unspecified atom stereocenters. The summed E-state index contributed by atoms with van der Waals surface area (Å²) in [6, 6.07) is 15.5. The highest BCUT2D eigenvalue weighted by Crippen LogP contribution is 2.34. The molecule has 0 bridgehead atoms.